The molecule has 16 heteroatoms. The van der Waals surface area contributed by atoms with E-state index >= 15 is 0 Å². The average Bonchev–Trinajstić information content (AvgIpc) is 3.30. The van der Waals surface area contributed by atoms with Crippen LogP contribution in [0.25, 0.3) is 0 Å². The largest absolute Gasteiger partial charge is 0.506 e. The maximum absolute atomic E-state index is 14.5. The van der Waals surface area contributed by atoms with E-state index < -0.39 is 84.1 Å². The summed E-state index contributed by atoms with van der Waals surface area (Å²) in [6.07, 6.45) is 11.5. The number of esters is 1. The predicted molar refractivity (Wildman–Crippen MR) is 262 cm³/mol. The zero-order valence-electron chi connectivity index (χ0n) is 43.9. The Hall–Kier alpha value is -3.44. The fourth-order valence-corrected chi connectivity index (χ4v) is 10.6. The van der Waals surface area contributed by atoms with E-state index in [0.29, 0.717) is 64.2 Å². The molecule has 1 saturated carbocycles. The second-order valence-corrected chi connectivity index (χ2v) is 20.3. The number of hydrogen-bond donors (Lipinski definition) is 2. The smallest absolute Gasteiger partial charge is 0.460 e. The molecule has 1 amide bonds. The minimum atomic E-state index is -2.44. The molecule has 3 aliphatic heterocycles. The Balaban J connectivity index is 0.00000840. The number of methoxy groups -OCH3 is 3. The number of Topliss-reactive ketones (excluding diaryl/α,β-unsaturated/α-hetero) is 3. The third-order valence-electron chi connectivity index (χ3n) is 15.1. The monoisotopic (exact) mass is 1020 g/mol. The number of ketones is 3. The average molecular weight is 1020 g/mol. The van der Waals surface area contributed by atoms with Crippen LogP contribution in [-0.2, 0) is 70.9 Å². The molecule has 2 saturated heterocycles. The van der Waals surface area contributed by atoms with Gasteiger partial charge in [-0.2, -0.15) is 0 Å². The van der Waals surface area contributed by atoms with Crippen LogP contribution in [0, 0.1) is 48.9 Å². The van der Waals surface area contributed by atoms with Gasteiger partial charge in [-0.1, -0.05) is 83.6 Å². The zero-order valence-corrected chi connectivity index (χ0v) is 45.3. The molecule has 1 aliphatic carbocycles. The van der Waals surface area contributed by atoms with Gasteiger partial charge in [-0.15, -0.1) is 0 Å². The van der Waals surface area contributed by atoms with Crippen molar-refractivity contribution in [2.45, 2.75) is 181 Å². The topological polar surface area (TPSA) is 201 Å². The molecule has 1 unspecified atom stereocenters. The Morgan fingerprint density at radius 1 is 0.857 bits per heavy atom. The standard InChI is InChI=1S/C53H81NO14.CH3.V/c1-31-17-13-12-14-18-32(2)44(63-9)29-40-22-20-37(7)53(62,68-40)49(57)50(58)54-24-16-15-19-41(54)51(59)66-45(35(5)27-39-21-23-43(67-52(60)61)46(28-39)64-10)30-42(55)34(4)26-33(3)38(8)48(65-11)47(56)36(6)25-31;;/h12-14,17-18,26,31,34-41,43-46,48,62H,15-16,19-25,27-30H2,1-11H3,(H,60,61);1H3;/q;-1;/b14-12+,17-13+,32-18+,33-26+;;/t31-,34-,35-,36-,37-,38-,39+,40+,41?,43-,44+,45+,46-,48-,53-;;/m1../s1. The van der Waals surface area contributed by atoms with E-state index in [1.165, 1.54) is 19.1 Å². The van der Waals surface area contributed by atoms with Crippen molar-refractivity contribution >= 4 is 35.4 Å². The Morgan fingerprint density at radius 3 is 2.20 bits per heavy atom. The first kappa shape index (κ1) is 62.7. The molecule has 2 N–H and O–H groups in total. The molecule has 0 spiro atoms. The molecule has 3 heterocycles. The van der Waals surface area contributed by atoms with Crippen LogP contribution in [0.1, 0.15) is 132 Å². The summed E-state index contributed by atoms with van der Waals surface area (Å²) in [5.41, 5.74) is 1.69. The maximum Gasteiger partial charge on any atom is 0.506 e. The van der Waals surface area contributed by atoms with E-state index in [1.807, 2.05) is 71.1 Å². The number of fused-ring (bicyclic) bond motifs is 3. The molecule has 3 fully saturated rings. The van der Waals surface area contributed by atoms with Crippen LogP contribution in [0.5, 0.6) is 0 Å². The molecule has 70 heavy (non-hydrogen) atoms. The summed E-state index contributed by atoms with van der Waals surface area (Å²) in [5.74, 6) is -7.83. The number of aliphatic hydroxyl groups is 1. The maximum atomic E-state index is 14.5. The summed E-state index contributed by atoms with van der Waals surface area (Å²) in [7, 11) is 4.61. The van der Waals surface area contributed by atoms with Crippen molar-refractivity contribution < 1.29 is 86.0 Å². The van der Waals surface area contributed by atoms with E-state index in [2.05, 4.69) is 6.92 Å². The molecule has 15 nitrogen and oxygen atoms in total. The summed E-state index contributed by atoms with van der Waals surface area (Å²) in [6.45, 7) is 15.1. The number of carboxylic acid groups (broad SMARTS) is 1. The van der Waals surface area contributed by atoms with Crippen LogP contribution in [0.3, 0.4) is 0 Å². The number of ether oxygens (including phenoxy) is 6. The van der Waals surface area contributed by atoms with Gasteiger partial charge in [-0.05, 0) is 101 Å². The zero-order chi connectivity index (χ0) is 50.5. The Morgan fingerprint density at radius 2 is 1.56 bits per heavy atom. The SMILES string of the molecule is CO[C@H]1C[C@@H]2CC[C@@H](C)[C@@](O)(O2)C(=O)C(=O)N2CCCCC2C(=O)O[C@H]([C@H](C)C[C@@H]2CC[C@@H](OC(=O)O)[C@H](OC)C2)CC(=O)[C@H](C)/C=C(\C)[C@@H](C)[C@@H](OC)C(=O)[C@H](C)C[C@H](C)/C=C/C=C/C=C/1C.[CH3-].[V]. The van der Waals surface area contributed by atoms with Crippen molar-refractivity contribution in [1.82, 2.24) is 4.90 Å². The summed E-state index contributed by atoms with van der Waals surface area (Å²) in [5, 5.41) is 21.3. The summed E-state index contributed by atoms with van der Waals surface area (Å²) >= 11 is 0. The van der Waals surface area contributed by atoms with Crippen LogP contribution >= 0.6 is 0 Å². The molecule has 0 aromatic carbocycles. The first-order valence-electron chi connectivity index (χ1n) is 24.9. The third-order valence-corrected chi connectivity index (χ3v) is 15.1. The second-order valence-electron chi connectivity index (χ2n) is 20.3. The van der Waals surface area contributed by atoms with Gasteiger partial charge in [0, 0.05) is 82.9 Å². The van der Waals surface area contributed by atoms with E-state index in [0.717, 1.165) is 11.1 Å². The minimum absolute atomic E-state index is 0. The summed E-state index contributed by atoms with van der Waals surface area (Å²) in [6, 6.07) is -1.15. The van der Waals surface area contributed by atoms with Crippen molar-refractivity contribution in [1.29, 1.82) is 0 Å². The minimum Gasteiger partial charge on any atom is -0.460 e. The van der Waals surface area contributed by atoms with Crippen LogP contribution < -0.4 is 0 Å². The van der Waals surface area contributed by atoms with Gasteiger partial charge in [0.1, 0.15) is 30.1 Å². The third kappa shape index (κ3) is 16.8. The number of rotatable bonds is 7. The fourth-order valence-electron chi connectivity index (χ4n) is 10.6. The molecular weight excluding hydrogens is 938 g/mol. The van der Waals surface area contributed by atoms with Crippen molar-refractivity contribution in [2.75, 3.05) is 27.9 Å². The Bertz CT molecular complexity index is 1880. The fraction of sp³-hybridized carbons (Fsp3) is 0.722. The van der Waals surface area contributed by atoms with Crippen molar-refractivity contribution in [3.8, 4) is 0 Å². The van der Waals surface area contributed by atoms with Gasteiger partial charge in [0.2, 0.25) is 5.79 Å². The molecule has 0 aromatic heterocycles. The summed E-state index contributed by atoms with van der Waals surface area (Å²) < 4.78 is 34.9. The van der Waals surface area contributed by atoms with E-state index in [9.17, 15) is 39.0 Å². The summed E-state index contributed by atoms with van der Waals surface area (Å²) in [4.78, 5) is 83.7. The number of cyclic esters (lactones) is 1. The second kappa shape index (κ2) is 29.3. The number of carbonyl (C=O) groups is 6. The first-order valence-corrected chi connectivity index (χ1v) is 24.9. The molecular formula is C54H84NO14V-. The normalized spacial score (nSPS) is 37.9. The molecule has 2 bridgehead atoms. The predicted octanol–water partition coefficient (Wildman–Crippen LogP) is 8.61. The molecule has 15 atom stereocenters. The van der Waals surface area contributed by atoms with E-state index in [4.69, 9.17) is 28.4 Å². The van der Waals surface area contributed by atoms with Crippen LogP contribution in [-0.4, -0.2) is 127 Å². The van der Waals surface area contributed by atoms with Crippen molar-refractivity contribution in [3.05, 3.63) is 55.0 Å². The molecule has 4 rings (SSSR count). The van der Waals surface area contributed by atoms with Crippen molar-refractivity contribution in [2.24, 2.45) is 41.4 Å². The van der Waals surface area contributed by atoms with E-state index in [-0.39, 0.29) is 86.5 Å². The van der Waals surface area contributed by atoms with Crippen LogP contribution in [0.2, 0.25) is 0 Å². The number of allylic oxidation sites excluding steroid dienone is 6. The van der Waals surface area contributed by atoms with E-state index in [1.54, 1.807) is 21.0 Å². The molecule has 0 aromatic rings. The van der Waals surface area contributed by atoms with Gasteiger partial charge in [-0.25, -0.2) is 9.59 Å². The molecule has 4 aliphatic rings. The number of carbonyl (C=O) groups excluding carboxylic acids is 5. The van der Waals surface area contributed by atoms with Gasteiger partial charge in [0.25, 0.3) is 11.7 Å². The van der Waals surface area contributed by atoms with Crippen LogP contribution in [0.4, 0.5) is 4.79 Å². The number of hydrogen-bond acceptors (Lipinski definition) is 13. The molecule has 395 valence electrons. The van der Waals surface area contributed by atoms with Crippen molar-refractivity contribution in [3.63, 3.8) is 0 Å². The first-order chi connectivity index (χ1) is 32.1. The Labute approximate surface area is 429 Å². The quantitative estimate of drug-likeness (QED) is 0.106. The van der Waals surface area contributed by atoms with Gasteiger partial charge in [0.15, 0.2) is 5.78 Å². The van der Waals surface area contributed by atoms with Gasteiger partial charge >= 0.3 is 12.1 Å². The number of amides is 1. The molecule has 1 radical (unpaired) electrons. The number of piperidine rings is 1. The Kier molecular flexibility index (Phi) is 26.2. The van der Waals surface area contributed by atoms with Gasteiger partial charge in [0.05, 0.1) is 18.3 Å². The van der Waals surface area contributed by atoms with Gasteiger partial charge < -0.3 is 51.0 Å². The number of nitrogens with zero attached hydrogens (tertiary/aromatic N) is 1. The van der Waals surface area contributed by atoms with Crippen LogP contribution in [0.15, 0.2) is 47.6 Å². The van der Waals surface area contributed by atoms with Gasteiger partial charge in [-0.3, -0.25) is 19.2 Å².